The third-order valence-electron chi connectivity index (χ3n) is 9.38. The fourth-order valence-electron chi connectivity index (χ4n) is 6.33. The number of rotatable bonds is 20. The second kappa shape index (κ2) is 19.6. The van der Waals surface area contributed by atoms with Crippen LogP contribution in [0, 0.1) is 11.8 Å². The Labute approximate surface area is 308 Å². The normalized spacial score (nSPS) is 19.6. The molecule has 0 aromatic heterocycles. The molecule has 4 rings (SSSR count). The predicted octanol–water partition coefficient (Wildman–Crippen LogP) is 2.58. The second-order valence-corrected chi connectivity index (χ2v) is 15.0. The number of Topliss-reactive ketones (excluding diaryl/α,β-unsaturated/α-hetero) is 1. The van der Waals surface area contributed by atoms with Gasteiger partial charge in [0.1, 0.15) is 23.7 Å². The summed E-state index contributed by atoms with van der Waals surface area (Å²) in [5.41, 5.74) is 0.915. The Hall–Kier alpha value is -4.13. The number of nitrogens with one attached hydrogen (secondary N) is 4. The topological polar surface area (TPSA) is 158 Å². The van der Waals surface area contributed by atoms with Gasteiger partial charge in [-0.1, -0.05) is 88.4 Å². The third kappa shape index (κ3) is 13.1. The average molecular weight is 720 g/mol. The monoisotopic (exact) mass is 719 g/mol. The van der Waals surface area contributed by atoms with E-state index in [0.717, 1.165) is 11.1 Å². The van der Waals surface area contributed by atoms with Crippen LogP contribution >= 0.6 is 0 Å². The molecule has 284 valence electrons. The van der Waals surface area contributed by atoms with Crippen LogP contribution in [-0.2, 0) is 46.3 Å². The number of benzene rings is 2. The number of morpholine rings is 1. The fraction of sp³-hybridized carbons (Fsp3) is 0.575. The minimum Gasteiger partial charge on any atom is -0.379 e. The number of hydrogen-bond acceptors (Lipinski definition) is 8. The Kier molecular flexibility index (Phi) is 15.3. The van der Waals surface area contributed by atoms with E-state index in [1.54, 1.807) is 6.92 Å². The smallest absolute Gasteiger partial charge is 0.243 e. The molecule has 2 aromatic rings. The number of ether oxygens (including phenoxy) is 2. The predicted molar refractivity (Wildman–Crippen MR) is 198 cm³/mol. The molecule has 0 saturated carbocycles. The SMILES string of the molecule is CC(C)C[C@@H](NC(=O)[C@@H](CCc1ccccc1)NC(=O)CN1CCOCC1)C(=O)N[C@H](Cc1ccccc1)C(=O)N[C@H](CC(C)C)C(=O)[C@@]1(C)CO1. The Bertz CT molecular complexity index is 1480. The Morgan fingerprint density at radius 2 is 1.19 bits per heavy atom. The van der Waals surface area contributed by atoms with Gasteiger partial charge in [-0.25, -0.2) is 0 Å². The second-order valence-electron chi connectivity index (χ2n) is 15.0. The van der Waals surface area contributed by atoms with Crippen LogP contribution in [0.2, 0.25) is 0 Å². The maximum atomic E-state index is 14.1. The zero-order valence-electron chi connectivity index (χ0n) is 31.3. The van der Waals surface area contributed by atoms with E-state index in [9.17, 15) is 24.0 Å². The summed E-state index contributed by atoms with van der Waals surface area (Å²) in [7, 11) is 0. The number of nitrogens with zero attached hydrogens (tertiary/aromatic N) is 1. The van der Waals surface area contributed by atoms with Crippen LogP contribution < -0.4 is 21.3 Å². The van der Waals surface area contributed by atoms with Gasteiger partial charge in [0.15, 0.2) is 5.78 Å². The molecule has 0 unspecified atom stereocenters. The van der Waals surface area contributed by atoms with Crippen molar-refractivity contribution in [3.8, 4) is 0 Å². The summed E-state index contributed by atoms with van der Waals surface area (Å²) < 4.78 is 10.8. The van der Waals surface area contributed by atoms with Gasteiger partial charge in [0, 0.05) is 19.5 Å². The quantitative estimate of drug-likeness (QED) is 0.152. The van der Waals surface area contributed by atoms with Gasteiger partial charge >= 0.3 is 0 Å². The lowest BCUT2D eigenvalue weighted by Crippen LogP contribution is -2.59. The van der Waals surface area contributed by atoms with E-state index in [0.29, 0.717) is 58.6 Å². The molecular weight excluding hydrogens is 662 g/mol. The van der Waals surface area contributed by atoms with Crippen molar-refractivity contribution < 1.29 is 33.4 Å². The first-order chi connectivity index (χ1) is 24.8. The van der Waals surface area contributed by atoms with E-state index >= 15 is 0 Å². The molecule has 2 heterocycles. The van der Waals surface area contributed by atoms with Gasteiger partial charge in [-0.15, -0.1) is 0 Å². The maximum Gasteiger partial charge on any atom is 0.243 e. The highest BCUT2D eigenvalue weighted by atomic mass is 16.6. The van der Waals surface area contributed by atoms with Gasteiger partial charge in [-0.05, 0) is 55.6 Å². The van der Waals surface area contributed by atoms with Crippen LogP contribution in [-0.4, -0.2) is 104 Å². The number of hydrogen-bond donors (Lipinski definition) is 4. The van der Waals surface area contributed by atoms with E-state index in [1.807, 2.05) is 93.3 Å². The molecule has 2 aliphatic rings. The fourth-order valence-corrected chi connectivity index (χ4v) is 6.33. The highest BCUT2D eigenvalue weighted by Crippen LogP contribution is 2.29. The van der Waals surface area contributed by atoms with Crippen molar-refractivity contribution in [2.45, 2.75) is 96.5 Å². The first-order valence-electron chi connectivity index (χ1n) is 18.6. The molecule has 2 fully saturated rings. The molecule has 52 heavy (non-hydrogen) atoms. The lowest BCUT2D eigenvalue weighted by atomic mass is 9.93. The molecule has 2 aromatic carbocycles. The molecule has 0 bridgehead atoms. The average Bonchev–Trinajstić information content (AvgIpc) is 3.87. The summed E-state index contributed by atoms with van der Waals surface area (Å²) in [6, 6.07) is 15.3. The molecule has 4 N–H and O–H groups in total. The molecule has 0 spiro atoms. The van der Waals surface area contributed by atoms with Crippen molar-refractivity contribution >= 4 is 29.4 Å². The van der Waals surface area contributed by atoms with Crippen molar-refractivity contribution in [2.75, 3.05) is 39.5 Å². The number of carbonyl (C=O) groups excluding carboxylic acids is 5. The summed E-state index contributed by atoms with van der Waals surface area (Å²) in [4.78, 5) is 70.5. The number of aryl methyl sites for hydroxylation is 1. The molecular formula is C40H57N5O7. The lowest BCUT2D eigenvalue weighted by Gasteiger charge is -2.29. The van der Waals surface area contributed by atoms with E-state index in [4.69, 9.17) is 9.47 Å². The zero-order chi connectivity index (χ0) is 37.7. The molecule has 12 heteroatoms. The number of amides is 4. The Morgan fingerprint density at radius 1 is 0.692 bits per heavy atom. The van der Waals surface area contributed by atoms with Crippen LogP contribution in [0.4, 0.5) is 0 Å². The molecule has 12 nitrogen and oxygen atoms in total. The maximum absolute atomic E-state index is 14.1. The summed E-state index contributed by atoms with van der Waals surface area (Å²) >= 11 is 0. The highest BCUT2D eigenvalue weighted by molar-refractivity contribution is 5.98. The summed E-state index contributed by atoms with van der Waals surface area (Å²) in [6.45, 7) is 12.3. The van der Waals surface area contributed by atoms with Crippen molar-refractivity contribution in [3.05, 3.63) is 71.8 Å². The molecule has 4 amide bonds. The summed E-state index contributed by atoms with van der Waals surface area (Å²) in [5, 5.41) is 11.7. The Balaban J connectivity index is 1.51. The van der Waals surface area contributed by atoms with Gasteiger partial charge in [-0.2, -0.15) is 0 Å². The van der Waals surface area contributed by atoms with Crippen LogP contribution in [0.1, 0.15) is 65.0 Å². The first-order valence-corrected chi connectivity index (χ1v) is 18.6. The molecule has 2 aliphatic heterocycles. The van der Waals surface area contributed by atoms with Crippen LogP contribution in [0.25, 0.3) is 0 Å². The number of epoxide rings is 1. The summed E-state index contributed by atoms with van der Waals surface area (Å²) in [5.74, 6) is -1.83. The lowest BCUT2D eigenvalue weighted by molar-refractivity contribution is -0.135. The van der Waals surface area contributed by atoms with Crippen LogP contribution in [0.15, 0.2) is 60.7 Å². The third-order valence-corrected chi connectivity index (χ3v) is 9.38. The summed E-state index contributed by atoms with van der Waals surface area (Å²) in [6.07, 6.45) is 1.76. The first kappa shape index (κ1) is 40.6. The van der Waals surface area contributed by atoms with Crippen LogP contribution in [0.5, 0.6) is 0 Å². The number of carbonyl (C=O) groups is 5. The van der Waals surface area contributed by atoms with Crippen molar-refractivity contribution in [3.63, 3.8) is 0 Å². The van der Waals surface area contributed by atoms with Gasteiger partial charge in [0.2, 0.25) is 23.6 Å². The Morgan fingerprint density at radius 3 is 1.77 bits per heavy atom. The van der Waals surface area contributed by atoms with E-state index in [1.165, 1.54) is 0 Å². The largest absolute Gasteiger partial charge is 0.379 e. The van der Waals surface area contributed by atoms with Crippen LogP contribution in [0.3, 0.4) is 0 Å². The van der Waals surface area contributed by atoms with E-state index in [2.05, 4.69) is 21.3 Å². The number of ketones is 1. The van der Waals surface area contributed by atoms with Gasteiger partial charge < -0.3 is 30.7 Å². The molecule has 0 aliphatic carbocycles. The highest BCUT2D eigenvalue weighted by Gasteiger charge is 2.50. The van der Waals surface area contributed by atoms with Gasteiger partial charge in [-0.3, -0.25) is 28.9 Å². The van der Waals surface area contributed by atoms with Gasteiger partial charge in [0.25, 0.3) is 0 Å². The van der Waals surface area contributed by atoms with Crippen molar-refractivity contribution in [1.82, 2.24) is 26.2 Å². The minimum absolute atomic E-state index is 0.0171. The molecule has 0 radical (unpaired) electrons. The standard InChI is InChI=1S/C40H57N5O7/c1-27(2)22-32(36(47)40(5)26-52-40)42-39(50)34(24-30-14-10-7-11-15-30)44-38(49)33(23-28(3)4)43-37(48)31(17-16-29-12-8-6-9-13-29)41-35(46)25-45-18-20-51-21-19-45/h6-15,27-28,31-34H,16-26H2,1-5H3,(H,41,46)(H,42,50)(H,43,48)(H,44,49)/t31-,32-,33-,34-,40-/m1/s1. The zero-order valence-corrected chi connectivity index (χ0v) is 31.3. The van der Waals surface area contributed by atoms with Crippen molar-refractivity contribution in [1.29, 1.82) is 0 Å². The van der Waals surface area contributed by atoms with Gasteiger partial charge in [0.05, 0.1) is 32.4 Å². The molecule has 2 saturated heterocycles. The molecule has 5 atom stereocenters. The van der Waals surface area contributed by atoms with E-state index < -0.39 is 47.5 Å². The van der Waals surface area contributed by atoms with Crippen molar-refractivity contribution in [2.24, 2.45) is 11.8 Å². The minimum atomic E-state index is -1.03. The van der Waals surface area contributed by atoms with E-state index in [-0.39, 0.29) is 36.5 Å².